The molecule has 1 N–H and O–H groups in total. The molecule has 0 unspecified atom stereocenters. The van der Waals surface area contributed by atoms with Crippen LogP contribution >= 0.6 is 0 Å². The van der Waals surface area contributed by atoms with Crippen LogP contribution < -0.4 is 9.64 Å². The van der Waals surface area contributed by atoms with Crippen molar-refractivity contribution >= 4 is 17.1 Å². The summed E-state index contributed by atoms with van der Waals surface area (Å²) in [7, 11) is 1.84. The summed E-state index contributed by atoms with van der Waals surface area (Å²) in [5.41, 5.74) is 2.44. The molecule has 0 aliphatic carbocycles. The zero-order valence-electron chi connectivity index (χ0n) is 17.7. The van der Waals surface area contributed by atoms with E-state index in [-0.39, 0.29) is 12.4 Å². The zero-order chi connectivity index (χ0) is 22.7. The number of ether oxygens (including phenoxy) is 1. The van der Waals surface area contributed by atoms with E-state index in [1.807, 2.05) is 7.05 Å². The van der Waals surface area contributed by atoms with Gasteiger partial charge in [0.1, 0.15) is 17.0 Å². The van der Waals surface area contributed by atoms with Crippen molar-refractivity contribution in [2.24, 2.45) is 7.05 Å². The highest BCUT2D eigenvalue weighted by atomic mass is 19.4. The van der Waals surface area contributed by atoms with Crippen molar-refractivity contribution < 1.29 is 23.0 Å². The third-order valence-electron chi connectivity index (χ3n) is 5.45. The summed E-state index contributed by atoms with van der Waals surface area (Å²) >= 11 is 0. The van der Waals surface area contributed by atoms with Crippen LogP contribution in [0.5, 0.6) is 5.75 Å². The van der Waals surface area contributed by atoms with Crippen LogP contribution in [0.4, 0.5) is 19.1 Å². The maximum absolute atomic E-state index is 12.5. The Hall–Kier alpha value is -2.92. The standard InChI is InChI=1S/C21H25F3N6O2/c1-28-14-25-18-17(15-4-6-16(7-5-15)32-21(22,23)24)26-20(27-19(18)28)30-11-9-29(10-12-30)8-2-3-13-31/h4-7,14,31H,2-3,8-13H2,1H3. The monoisotopic (exact) mass is 450 g/mol. The van der Waals surface area contributed by atoms with Gasteiger partial charge in [-0.3, -0.25) is 4.90 Å². The van der Waals surface area contributed by atoms with Crippen molar-refractivity contribution in [1.29, 1.82) is 0 Å². The van der Waals surface area contributed by atoms with Crippen LogP contribution in [0.25, 0.3) is 22.4 Å². The second kappa shape index (κ2) is 9.29. The van der Waals surface area contributed by atoms with Crippen LogP contribution in [0, 0.1) is 0 Å². The molecular weight excluding hydrogens is 425 g/mol. The number of halogens is 3. The number of hydrogen-bond acceptors (Lipinski definition) is 7. The second-order valence-corrected chi connectivity index (χ2v) is 7.73. The molecule has 0 atom stereocenters. The Kier molecular flexibility index (Phi) is 6.47. The van der Waals surface area contributed by atoms with Gasteiger partial charge in [0, 0.05) is 45.4 Å². The number of aromatic nitrogens is 4. The van der Waals surface area contributed by atoms with Gasteiger partial charge in [-0.1, -0.05) is 0 Å². The molecule has 0 saturated carbocycles. The van der Waals surface area contributed by atoms with E-state index in [9.17, 15) is 13.2 Å². The molecule has 2 aromatic heterocycles. The van der Waals surface area contributed by atoms with E-state index < -0.39 is 6.36 Å². The van der Waals surface area contributed by atoms with E-state index in [1.54, 1.807) is 23.0 Å². The normalized spacial score (nSPS) is 15.5. The molecule has 0 spiro atoms. The van der Waals surface area contributed by atoms with Crippen molar-refractivity contribution in [3.63, 3.8) is 0 Å². The maximum atomic E-state index is 12.5. The van der Waals surface area contributed by atoms with E-state index in [4.69, 9.17) is 15.1 Å². The number of aliphatic hydroxyl groups is 1. The molecule has 1 saturated heterocycles. The molecule has 11 heteroatoms. The van der Waals surface area contributed by atoms with Crippen LogP contribution in [0.3, 0.4) is 0 Å². The average Bonchev–Trinajstić information content (AvgIpc) is 3.14. The summed E-state index contributed by atoms with van der Waals surface area (Å²) in [4.78, 5) is 18.3. The average molecular weight is 450 g/mol. The Balaban J connectivity index is 1.58. The molecule has 0 bridgehead atoms. The Morgan fingerprint density at radius 2 is 1.75 bits per heavy atom. The molecule has 1 aliphatic heterocycles. The highest BCUT2D eigenvalue weighted by Crippen LogP contribution is 2.30. The fourth-order valence-electron chi connectivity index (χ4n) is 3.77. The lowest BCUT2D eigenvalue weighted by molar-refractivity contribution is -0.274. The number of fused-ring (bicyclic) bond motifs is 1. The Morgan fingerprint density at radius 3 is 2.41 bits per heavy atom. The lowest BCUT2D eigenvalue weighted by Gasteiger charge is -2.34. The van der Waals surface area contributed by atoms with Crippen LogP contribution in [-0.4, -0.2) is 75.2 Å². The molecule has 3 aromatic rings. The molecule has 0 radical (unpaired) electrons. The first-order valence-electron chi connectivity index (χ1n) is 10.5. The van der Waals surface area contributed by atoms with Crippen LogP contribution in [0.1, 0.15) is 12.8 Å². The minimum Gasteiger partial charge on any atom is -0.406 e. The van der Waals surface area contributed by atoms with Crippen molar-refractivity contribution in [2.45, 2.75) is 19.2 Å². The number of imidazole rings is 1. The molecule has 1 aliphatic rings. The molecule has 32 heavy (non-hydrogen) atoms. The van der Waals surface area contributed by atoms with Gasteiger partial charge in [-0.05, 0) is 43.7 Å². The molecule has 8 nitrogen and oxygen atoms in total. The Morgan fingerprint density at radius 1 is 1.03 bits per heavy atom. The molecule has 172 valence electrons. The first-order chi connectivity index (χ1) is 15.3. The molecule has 1 fully saturated rings. The van der Waals surface area contributed by atoms with Gasteiger partial charge in [-0.25, -0.2) is 9.97 Å². The molecular formula is C21H25F3N6O2. The third-order valence-corrected chi connectivity index (χ3v) is 5.45. The van der Waals surface area contributed by atoms with Gasteiger partial charge in [-0.2, -0.15) is 4.98 Å². The van der Waals surface area contributed by atoms with Crippen molar-refractivity contribution in [2.75, 3.05) is 44.2 Å². The van der Waals surface area contributed by atoms with Crippen LogP contribution in [0.2, 0.25) is 0 Å². The van der Waals surface area contributed by atoms with Gasteiger partial charge in [0.15, 0.2) is 5.65 Å². The first kappa shape index (κ1) is 22.3. The van der Waals surface area contributed by atoms with E-state index in [2.05, 4.69) is 19.5 Å². The van der Waals surface area contributed by atoms with Gasteiger partial charge >= 0.3 is 6.36 Å². The Bertz CT molecular complexity index is 1050. The summed E-state index contributed by atoms with van der Waals surface area (Å²) in [6, 6.07) is 5.62. The van der Waals surface area contributed by atoms with Gasteiger partial charge in [0.25, 0.3) is 0 Å². The number of aryl methyl sites for hydroxylation is 1. The van der Waals surface area contributed by atoms with E-state index >= 15 is 0 Å². The molecule has 1 aromatic carbocycles. The number of aliphatic hydroxyl groups excluding tert-OH is 1. The summed E-state index contributed by atoms with van der Waals surface area (Å²) in [5, 5.41) is 8.96. The number of rotatable bonds is 7. The highest BCUT2D eigenvalue weighted by molar-refractivity contribution is 5.88. The predicted molar refractivity (Wildman–Crippen MR) is 113 cm³/mol. The molecule has 0 amide bonds. The summed E-state index contributed by atoms with van der Waals surface area (Å²) in [6.07, 6.45) is -1.33. The second-order valence-electron chi connectivity index (χ2n) is 7.73. The minimum atomic E-state index is -4.74. The number of anilines is 1. The quantitative estimate of drug-likeness (QED) is 0.555. The molecule has 4 rings (SSSR count). The van der Waals surface area contributed by atoms with Crippen molar-refractivity contribution in [3.05, 3.63) is 30.6 Å². The highest BCUT2D eigenvalue weighted by Gasteiger charge is 2.31. The van der Waals surface area contributed by atoms with Crippen molar-refractivity contribution in [1.82, 2.24) is 24.4 Å². The first-order valence-corrected chi connectivity index (χ1v) is 10.5. The lowest BCUT2D eigenvalue weighted by atomic mass is 10.1. The SMILES string of the molecule is Cn1cnc2c(-c3ccc(OC(F)(F)F)cc3)nc(N3CCN(CCCCO)CC3)nc21. The summed E-state index contributed by atoms with van der Waals surface area (Å²) < 4.78 is 43.2. The van der Waals surface area contributed by atoms with Gasteiger partial charge < -0.3 is 19.3 Å². The third kappa shape index (κ3) is 5.10. The van der Waals surface area contributed by atoms with E-state index in [0.717, 1.165) is 45.6 Å². The smallest absolute Gasteiger partial charge is 0.406 e. The number of alkyl halides is 3. The number of hydrogen-bond donors (Lipinski definition) is 1. The Labute approximate surface area is 183 Å². The fourth-order valence-corrected chi connectivity index (χ4v) is 3.77. The zero-order valence-corrected chi connectivity index (χ0v) is 17.7. The fraction of sp³-hybridized carbons (Fsp3) is 0.476. The number of unbranched alkanes of at least 4 members (excludes halogenated alkanes) is 1. The number of nitrogens with zero attached hydrogens (tertiary/aromatic N) is 6. The van der Waals surface area contributed by atoms with E-state index in [1.165, 1.54) is 12.1 Å². The largest absolute Gasteiger partial charge is 0.573 e. The summed E-state index contributed by atoms with van der Waals surface area (Å²) in [5.74, 6) is 0.284. The van der Waals surface area contributed by atoms with Crippen molar-refractivity contribution in [3.8, 4) is 17.0 Å². The van der Waals surface area contributed by atoms with Gasteiger partial charge in [0.05, 0.1) is 6.33 Å². The van der Waals surface area contributed by atoms with Gasteiger partial charge in [-0.15, -0.1) is 13.2 Å². The maximum Gasteiger partial charge on any atom is 0.573 e. The number of piperazine rings is 1. The summed E-state index contributed by atoms with van der Waals surface area (Å²) in [6.45, 7) is 4.44. The van der Waals surface area contributed by atoms with Crippen LogP contribution in [-0.2, 0) is 7.05 Å². The van der Waals surface area contributed by atoms with Crippen LogP contribution in [0.15, 0.2) is 30.6 Å². The van der Waals surface area contributed by atoms with Gasteiger partial charge in [0.2, 0.25) is 5.95 Å². The predicted octanol–water partition coefficient (Wildman–Crippen LogP) is 2.82. The lowest BCUT2D eigenvalue weighted by Crippen LogP contribution is -2.47. The minimum absolute atomic E-state index is 0.213. The molecule has 3 heterocycles. The number of benzene rings is 1. The van der Waals surface area contributed by atoms with E-state index in [0.29, 0.717) is 28.4 Å². The topological polar surface area (TPSA) is 79.5 Å².